The van der Waals surface area contributed by atoms with Crippen LogP contribution in [0.3, 0.4) is 0 Å². The van der Waals surface area contributed by atoms with Gasteiger partial charge in [0.05, 0.1) is 0 Å². The fourth-order valence-electron chi connectivity index (χ4n) is 1.79. The molecule has 0 aliphatic rings. The van der Waals surface area contributed by atoms with E-state index in [9.17, 15) is 4.79 Å². The van der Waals surface area contributed by atoms with E-state index in [0.29, 0.717) is 17.2 Å². The van der Waals surface area contributed by atoms with Gasteiger partial charge in [-0.2, -0.15) is 0 Å². The van der Waals surface area contributed by atoms with Crippen molar-refractivity contribution in [3.05, 3.63) is 4.88 Å². The zero-order valence-corrected chi connectivity index (χ0v) is 13.8. The highest BCUT2D eigenvalue weighted by Gasteiger charge is 2.21. The predicted molar refractivity (Wildman–Crippen MR) is 85.6 cm³/mol. The molecule has 0 bridgehead atoms. The van der Waals surface area contributed by atoms with Crippen molar-refractivity contribution in [1.29, 1.82) is 0 Å². The average molecular weight is 299 g/mol. The van der Waals surface area contributed by atoms with Gasteiger partial charge in [0, 0.05) is 27.2 Å². The fraction of sp³-hybridized carbons (Fsp3) is 0.692. The number of nitrogens with zero attached hydrogens (tertiary/aromatic N) is 4. The topological polar surface area (TPSA) is 65.7 Å². The Morgan fingerprint density at radius 1 is 1.25 bits per heavy atom. The minimum absolute atomic E-state index is 0.0191. The molecule has 0 aromatic carbocycles. The number of carbonyl (C=O) groups is 1. The molecule has 1 aromatic heterocycles. The lowest BCUT2D eigenvalue weighted by atomic mass is 10.3. The van der Waals surface area contributed by atoms with Crippen molar-refractivity contribution >= 4 is 28.2 Å². The molecule has 114 valence electrons. The summed E-state index contributed by atoms with van der Waals surface area (Å²) in [4.78, 5) is 23.1. The van der Waals surface area contributed by atoms with Gasteiger partial charge in [0.2, 0.25) is 0 Å². The number of anilines is 2. The van der Waals surface area contributed by atoms with Crippen molar-refractivity contribution in [2.75, 3.05) is 58.5 Å². The van der Waals surface area contributed by atoms with E-state index in [2.05, 4.69) is 9.88 Å². The molecule has 2 N–H and O–H groups in total. The molecule has 0 saturated carbocycles. The molecule has 6 nitrogen and oxygen atoms in total. The Balaban J connectivity index is 2.75. The number of nitrogen functional groups attached to an aromatic ring is 1. The van der Waals surface area contributed by atoms with Gasteiger partial charge in [-0.05, 0) is 34.0 Å². The summed E-state index contributed by atoms with van der Waals surface area (Å²) < 4.78 is 0. The van der Waals surface area contributed by atoms with Crippen molar-refractivity contribution in [3.8, 4) is 0 Å². The van der Waals surface area contributed by atoms with Crippen LogP contribution in [0.5, 0.6) is 0 Å². The minimum Gasteiger partial charge on any atom is -0.382 e. The second kappa shape index (κ2) is 7.44. The lowest BCUT2D eigenvalue weighted by molar-refractivity contribution is 0.0765. The van der Waals surface area contributed by atoms with E-state index in [1.54, 1.807) is 0 Å². The second-order valence-corrected chi connectivity index (χ2v) is 6.12. The third-order valence-corrected chi connectivity index (χ3v) is 4.15. The Hall–Kier alpha value is -1.34. The lowest BCUT2D eigenvalue weighted by Gasteiger charge is -2.21. The molecule has 1 amide bonds. The van der Waals surface area contributed by atoms with Gasteiger partial charge in [-0.15, -0.1) is 0 Å². The number of rotatable bonds is 7. The maximum absolute atomic E-state index is 12.5. The van der Waals surface area contributed by atoms with Crippen LogP contribution in [-0.4, -0.2) is 68.5 Å². The summed E-state index contributed by atoms with van der Waals surface area (Å²) in [5, 5.41) is 0.759. The number of hydrogen-bond acceptors (Lipinski definition) is 6. The summed E-state index contributed by atoms with van der Waals surface area (Å²) >= 11 is 1.35. The first-order valence-electron chi connectivity index (χ1n) is 6.74. The van der Waals surface area contributed by atoms with E-state index >= 15 is 0 Å². The highest BCUT2D eigenvalue weighted by atomic mass is 32.1. The maximum atomic E-state index is 12.5. The Morgan fingerprint density at radius 2 is 1.90 bits per heavy atom. The molecule has 0 saturated heterocycles. The molecule has 0 radical (unpaired) electrons. The molecule has 0 fully saturated rings. The quantitative estimate of drug-likeness (QED) is 0.819. The van der Waals surface area contributed by atoms with Gasteiger partial charge in [0.25, 0.3) is 5.91 Å². The molecule has 20 heavy (non-hydrogen) atoms. The molecule has 0 unspecified atom stereocenters. The van der Waals surface area contributed by atoms with Crippen LogP contribution in [0.15, 0.2) is 0 Å². The van der Waals surface area contributed by atoms with Crippen LogP contribution in [0.1, 0.15) is 23.0 Å². The van der Waals surface area contributed by atoms with Crippen LogP contribution in [0, 0.1) is 0 Å². The number of thiazole rings is 1. The summed E-state index contributed by atoms with van der Waals surface area (Å²) in [6, 6.07) is 0. The van der Waals surface area contributed by atoms with Crippen molar-refractivity contribution < 1.29 is 4.79 Å². The van der Waals surface area contributed by atoms with E-state index in [1.165, 1.54) is 11.3 Å². The number of amides is 1. The highest BCUT2D eigenvalue weighted by Crippen LogP contribution is 2.27. The summed E-state index contributed by atoms with van der Waals surface area (Å²) in [6.45, 7) is 4.37. The Labute approximate surface area is 125 Å². The van der Waals surface area contributed by atoms with Crippen LogP contribution >= 0.6 is 11.3 Å². The molecular formula is C13H25N5OS. The van der Waals surface area contributed by atoms with Gasteiger partial charge in [-0.3, -0.25) is 4.79 Å². The Kier molecular flexibility index (Phi) is 6.22. The normalized spacial score (nSPS) is 10.9. The van der Waals surface area contributed by atoms with Gasteiger partial charge in [-0.25, -0.2) is 4.98 Å². The average Bonchev–Trinajstić information content (AvgIpc) is 2.76. The van der Waals surface area contributed by atoms with E-state index in [1.807, 2.05) is 44.9 Å². The third kappa shape index (κ3) is 4.35. The fourth-order valence-corrected chi connectivity index (χ4v) is 2.67. The smallest absolute Gasteiger partial charge is 0.267 e. The number of hydrogen-bond donors (Lipinski definition) is 1. The first kappa shape index (κ1) is 16.7. The molecule has 0 spiro atoms. The van der Waals surface area contributed by atoms with E-state index < -0.39 is 0 Å². The van der Waals surface area contributed by atoms with Gasteiger partial charge >= 0.3 is 0 Å². The molecule has 1 rings (SSSR count). The Morgan fingerprint density at radius 3 is 2.35 bits per heavy atom. The highest BCUT2D eigenvalue weighted by molar-refractivity contribution is 7.18. The van der Waals surface area contributed by atoms with Crippen LogP contribution in [0.4, 0.5) is 10.9 Å². The molecule has 0 aliphatic heterocycles. The lowest BCUT2D eigenvalue weighted by Crippen LogP contribution is -2.33. The number of nitrogens with two attached hydrogens (primary N) is 1. The van der Waals surface area contributed by atoms with Crippen molar-refractivity contribution in [3.63, 3.8) is 0 Å². The van der Waals surface area contributed by atoms with Crippen molar-refractivity contribution in [2.24, 2.45) is 0 Å². The Bertz CT molecular complexity index is 444. The predicted octanol–water partition coefficient (Wildman–Crippen LogP) is 1.21. The van der Waals surface area contributed by atoms with Crippen LogP contribution in [-0.2, 0) is 0 Å². The summed E-state index contributed by atoms with van der Waals surface area (Å²) in [6.07, 6.45) is 0.950. The van der Waals surface area contributed by atoms with Crippen LogP contribution in [0.25, 0.3) is 0 Å². The monoisotopic (exact) mass is 299 g/mol. The zero-order valence-electron chi connectivity index (χ0n) is 13.0. The molecule has 0 aliphatic carbocycles. The van der Waals surface area contributed by atoms with Gasteiger partial charge in [-0.1, -0.05) is 11.3 Å². The van der Waals surface area contributed by atoms with Crippen LogP contribution < -0.4 is 10.6 Å². The van der Waals surface area contributed by atoms with E-state index in [-0.39, 0.29) is 5.91 Å². The maximum Gasteiger partial charge on any atom is 0.267 e. The van der Waals surface area contributed by atoms with Crippen LogP contribution in [0.2, 0.25) is 0 Å². The van der Waals surface area contributed by atoms with Crippen molar-refractivity contribution in [1.82, 2.24) is 14.8 Å². The summed E-state index contributed by atoms with van der Waals surface area (Å²) in [5.74, 6) is 0.309. The van der Waals surface area contributed by atoms with E-state index in [0.717, 1.165) is 24.6 Å². The van der Waals surface area contributed by atoms with Gasteiger partial charge < -0.3 is 20.4 Å². The SMILES string of the molecule is CCN(CCCN(C)C)C(=O)c1sc(N(C)C)nc1N. The number of carbonyl (C=O) groups excluding carboxylic acids is 1. The molecule has 7 heteroatoms. The third-order valence-electron chi connectivity index (χ3n) is 2.92. The first-order valence-corrected chi connectivity index (χ1v) is 7.56. The van der Waals surface area contributed by atoms with Gasteiger partial charge in [0.1, 0.15) is 10.7 Å². The standard InChI is InChI=1S/C13H25N5OS/c1-6-18(9-7-8-16(2)3)12(19)10-11(14)15-13(20-10)17(4)5/h6-9,14H2,1-5H3. The zero-order chi connectivity index (χ0) is 15.3. The largest absolute Gasteiger partial charge is 0.382 e. The number of aromatic nitrogens is 1. The molecular weight excluding hydrogens is 274 g/mol. The van der Waals surface area contributed by atoms with Gasteiger partial charge in [0.15, 0.2) is 5.13 Å². The summed E-state index contributed by atoms with van der Waals surface area (Å²) in [5.41, 5.74) is 5.87. The second-order valence-electron chi connectivity index (χ2n) is 5.15. The molecule has 1 aromatic rings. The molecule has 0 atom stereocenters. The summed E-state index contributed by atoms with van der Waals surface area (Å²) in [7, 11) is 7.84. The van der Waals surface area contributed by atoms with E-state index in [4.69, 9.17) is 5.73 Å². The van der Waals surface area contributed by atoms with Crippen molar-refractivity contribution in [2.45, 2.75) is 13.3 Å². The minimum atomic E-state index is -0.0191. The first-order chi connectivity index (χ1) is 9.36. The molecule has 1 heterocycles.